The van der Waals surface area contributed by atoms with Gasteiger partial charge >= 0.3 is 5.97 Å². The number of carbonyl (C=O) groups is 1. The van der Waals surface area contributed by atoms with Crippen molar-refractivity contribution in [3.8, 4) is 0 Å². The maximum absolute atomic E-state index is 12.4. The molecule has 2 aromatic rings. The second-order valence-electron chi connectivity index (χ2n) is 6.71. The van der Waals surface area contributed by atoms with Crippen molar-refractivity contribution >= 4 is 37.6 Å². The molecule has 0 fully saturated rings. The van der Waals surface area contributed by atoms with E-state index >= 15 is 0 Å². The minimum Gasteiger partial charge on any atom is -0.456 e. The van der Waals surface area contributed by atoms with Crippen molar-refractivity contribution in [2.75, 3.05) is 5.73 Å². The Hall–Kier alpha value is -1.90. The Morgan fingerprint density at radius 2 is 1.77 bits per heavy atom. The van der Waals surface area contributed by atoms with Gasteiger partial charge in [-0.25, -0.2) is 17.9 Å². The van der Waals surface area contributed by atoms with Crippen molar-refractivity contribution < 1.29 is 17.9 Å². The highest BCUT2D eigenvalue weighted by atomic mass is 79.9. The standard InChI is InChI=1S/C18H21BrN2O4S/c1-18(2,3)25-17(22)13-6-4-12(5-7-13)11-21-26(23,24)16-10-14(19)8-9-15(16)20/h4-10,21H,11,20H2,1-3H3. The molecule has 6 nitrogen and oxygen atoms in total. The monoisotopic (exact) mass is 440 g/mol. The Balaban J connectivity index is 2.08. The molecule has 0 atom stereocenters. The molecule has 0 amide bonds. The summed E-state index contributed by atoms with van der Waals surface area (Å²) in [5, 5.41) is 0. The molecule has 0 aliphatic rings. The van der Waals surface area contributed by atoms with Crippen LogP contribution in [0.4, 0.5) is 5.69 Å². The van der Waals surface area contributed by atoms with Crippen LogP contribution in [0, 0.1) is 0 Å². The summed E-state index contributed by atoms with van der Waals surface area (Å²) in [5.74, 6) is -0.424. The number of ether oxygens (including phenoxy) is 1. The molecule has 2 rings (SSSR count). The summed E-state index contributed by atoms with van der Waals surface area (Å²) in [6, 6.07) is 11.2. The first-order valence-corrected chi connectivity index (χ1v) is 10.1. The molecule has 0 radical (unpaired) electrons. The van der Waals surface area contributed by atoms with E-state index in [1.165, 1.54) is 12.1 Å². The van der Waals surface area contributed by atoms with Gasteiger partial charge in [-0.05, 0) is 56.7 Å². The summed E-state index contributed by atoms with van der Waals surface area (Å²) in [7, 11) is -3.76. The Kier molecular flexibility index (Phi) is 6.10. The lowest BCUT2D eigenvalue weighted by Crippen LogP contribution is -2.25. The van der Waals surface area contributed by atoms with Gasteiger partial charge in [0.25, 0.3) is 0 Å². The van der Waals surface area contributed by atoms with Gasteiger partial charge in [0.05, 0.1) is 11.3 Å². The smallest absolute Gasteiger partial charge is 0.338 e. The van der Waals surface area contributed by atoms with Crippen LogP contribution >= 0.6 is 15.9 Å². The fourth-order valence-electron chi connectivity index (χ4n) is 2.09. The number of hydrogen-bond acceptors (Lipinski definition) is 5. The first-order chi connectivity index (χ1) is 12.0. The number of carbonyl (C=O) groups excluding carboxylic acids is 1. The third kappa shape index (κ3) is 5.55. The number of hydrogen-bond donors (Lipinski definition) is 2. The molecular formula is C18H21BrN2O4S. The molecule has 0 aliphatic heterocycles. The summed E-state index contributed by atoms with van der Waals surface area (Å²) < 4.78 is 33.3. The molecule has 2 aromatic carbocycles. The number of nitrogens with two attached hydrogens (primary N) is 1. The van der Waals surface area contributed by atoms with E-state index in [9.17, 15) is 13.2 Å². The quantitative estimate of drug-likeness (QED) is 0.547. The Labute approximate surface area is 161 Å². The SMILES string of the molecule is CC(C)(C)OC(=O)c1ccc(CNS(=O)(=O)c2cc(Br)ccc2N)cc1. The van der Waals surface area contributed by atoms with Crippen LogP contribution < -0.4 is 10.5 Å². The molecule has 140 valence electrons. The van der Waals surface area contributed by atoms with Crippen molar-refractivity contribution in [1.29, 1.82) is 0 Å². The number of nitrogens with one attached hydrogen (secondary N) is 1. The van der Waals surface area contributed by atoms with Gasteiger partial charge in [-0.3, -0.25) is 0 Å². The normalized spacial score (nSPS) is 12.0. The van der Waals surface area contributed by atoms with Crippen LogP contribution in [0.1, 0.15) is 36.7 Å². The lowest BCUT2D eigenvalue weighted by molar-refractivity contribution is 0.00695. The molecule has 26 heavy (non-hydrogen) atoms. The average molecular weight is 441 g/mol. The zero-order chi connectivity index (χ0) is 19.5. The van der Waals surface area contributed by atoms with E-state index in [1.807, 2.05) is 0 Å². The number of sulfonamides is 1. The summed E-state index contributed by atoms with van der Waals surface area (Å²) >= 11 is 3.24. The number of esters is 1. The van der Waals surface area contributed by atoms with Crippen LogP contribution in [-0.2, 0) is 21.3 Å². The molecular weight excluding hydrogens is 420 g/mol. The molecule has 0 saturated carbocycles. The Bertz CT molecular complexity index is 904. The van der Waals surface area contributed by atoms with Gasteiger partial charge in [-0.1, -0.05) is 28.1 Å². The van der Waals surface area contributed by atoms with Crippen LogP contribution in [-0.4, -0.2) is 20.0 Å². The highest BCUT2D eigenvalue weighted by Crippen LogP contribution is 2.23. The van der Waals surface area contributed by atoms with Crippen LogP contribution in [0.25, 0.3) is 0 Å². The topological polar surface area (TPSA) is 98.5 Å². The highest BCUT2D eigenvalue weighted by molar-refractivity contribution is 9.10. The maximum atomic E-state index is 12.4. The van der Waals surface area contributed by atoms with Crippen LogP contribution in [0.3, 0.4) is 0 Å². The van der Waals surface area contributed by atoms with E-state index in [4.69, 9.17) is 10.5 Å². The van der Waals surface area contributed by atoms with E-state index in [-0.39, 0.29) is 17.1 Å². The van der Waals surface area contributed by atoms with Crippen molar-refractivity contribution in [1.82, 2.24) is 4.72 Å². The summed E-state index contributed by atoms with van der Waals surface area (Å²) in [4.78, 5) is 12.0. The van der Waals surface area contributed by atoms with Gasteiger partial charge in [0, 0.05) is 11.0 Å². The highest BCUT2D eigenvalue weighted by Gasteiger charge is 2.19. The van der Waals surface area contributed by atoms with Crippen LogP contribution in [0.5, 0.6) is 0 Å². The number of nitrogen functional groups attached to an aromatic ring is 1. The molecule has 0 aliphatic carbocycles. The molecule has 0 spiro atoms. The summed E-state index contributed by atoms with van der Waals surface area (Å²) in [6.07, 6.45) is 0. The fraction of sp³-hybridized carbons (Fsp3) is 0.278. The number of rotatable bonds is 5. The van der Waals surface area contributed by atoms with Crippen molar-refractivity contribution in [2.45, 2.75) is 37.8 Å². The van der Waals surface area contributed by atoms with Gasteiger partial charge in [-0.15, -0.1) is 0 Å². The number of benzene rings is 2. The van der Waals surface area contributed by atoms with Gasteiger partial charge in [0.2, 0.25) is 10.0 Å². The third-order valence-corrected chi connectivity index (χ3v) is 5.27. The molecule has 8 heteroatoms. The minimum atomic E-state index is -3.76. The predicted molar refractivity (Wildman–Crippen MR) is 104 cm³/mol. The van der Waals surface area contributed by atoms with Crippen molar-refractivity contribution in [3.63, 3.8) is 0 Å². The number of anilines is 1. The lowest BCUT2D eigenvalue weighted by Gasteiger charge is -2.19. The predicted octanol–water partition coefficient (Wildman–Crippen LogP) is 3.47. The Morgan fingerprint density at radius 1 is 1.15 bits per heavy atom. The third-order valence-electron chi connectivity index (χ3n) is 3.32. The van der Waals surface area contributed by atoms with Crippen molar-refractivity contribution in [2.24, 2.45) is 0 Å². The van der Waals surface area contributed by atoms with Crippen LogP contribution in [0.15, 0.2) is 51.8 Å². The molecule has 0 unspecified atom stereocenters. The molecule has 3 N–H and O–H groups in total. The zero-order valence-electron chi connectivity index (χ0n) is 14.7. The van der Waals surface area contributed by atoms with Crippen LogP contribution in [0.2, 0.25) is 0 Å². The average Bonchev–Trinajstić information content (AvgIpc) is 2.54. The maximum Gasteiger partial charge on any atom is 0.338 e. The second kappa shape index (κ2) is 7.77. The fourth-order valence-corrected chi connectivity index (χ4v) is 3.78. The van der Waals surface area contributed by atoms with E-state index in [2.05, 4.69) is 20.7 Å². The molecule has 0 saturated heterocycles. The van der Waals surface area contributed by atoms with Crippen molar-refractivity contribution in [3.05, 3.63) is 58.1 Å². The van der Waals surface area contributed by atoms with Gasteiger partial charge in [-0.2, -0.15) is 0 Å². The van der Waals surface area contributed by atoms with E-state index in [0.29, 0.717) is 15.6 Å². The van der Waals surface area contributed by atoms with Gasteiger partial charge in [0.1, 0.15) is 10.5 Å². The second-order valence-corrected chi connectivity index (χ2v) is 9.36. The minimum absolute atomic E-state index is 0.0113. The molecule has 0 bridgehead atoms. The van der Waals surface area contributed by atoms with E-state index in [0.717, 1.165) is 0 Å². The lowest BCUT2D eigenvalue weighted by atomic mass is 10.1. The van der Waals surface area contributed by atoms with E-state index < -0.39 is 21.6 Å². The van der Waals surface area contributed by atoms with E-state index in [1.54, 1.807) is 51.1 Å². The first-order valence-electron chi connectivity index (χ1n) is 7.85. The summed E-state index contributed by atoms with van der Waals surface area (Å²) in [5.41, 5.74) is 6.46. The molecule has 0 aromatic heterocycles. The Morgan fingerprint density at radius 3 is 2.35 bits per heavy atom. The number of halogens is 1. The largest absolute Gasteiger partial charge is 0.456 e. The zero-order valence-corrected chi connectivity index (χ0v) is 17.1. The summed E-state index contributed by atoms with van der Waals surface area (Å²) in [6.45, 7) is 5.45. The first kappa shape index (κ1) is 20.4. The van der Waals surface area contributed by atoms with Gasteiger partial charge in [0.15, 0.2) is 0 Å². The van der Waals surface area contributed by atoms with Gasteiger partial charge < -0.3 is 10.5 Å². The molecule has 0 heterocycles.